The lowest BCUT2D eigenvalue weighted by atomic mass is 9.98. The number of nitrogens with zero attached hydrogens (tertiary/aromatic N) is 3. The van der Waals surface area contributed by atoms with Crippen LogP contribution in [0.1, 0.15) is 52.7 Å². The number of hydrogen-bond donors (Lipinski definition) is 0. The molecule has 1 saturated carbocycles. The van der Waals surface area contributed by atoms with Crippen LogP contribution in [0.4, 0.5) is 0 Å². The van der Waals surface area contributed by atoms with Crippen molar-refractivity contribution in [3.8, 4) is 11.4 Å². The first-order chi connectivity index (χ1) is 14.7. The molecule has 6 heteroatoms. The van der Waals surface area contributed by atoms with E-state index in [-0.39, 0.29) is 5.91 Å². The number of carbonyl (C=O) groups is 1. The lowest BCUT2D eigenvalue weighted by Crippen LogP contribution is -2.33. The van der Waals surface area contributed by atoms with E-state index in [4.69, 9.17) is 16.3 Å². The molecule has 1 aromatic heterocycles. The minimum Gasteiger partial charge on any atom is -0.495 e. The van der Waals surface area contributed by atoms with E-state index in [2.05, 4.69) is 17.2 Å². The predicted molar refractivity (Wildman–Crippen MR) is 117 cm³/mol. The van der Waals surface area contributed by atoms with Gasteiger partial charge in [-0.25, -0.2) is 4.68 Å². The molecule has 1 amide bonds. The van der Waals surface area contributed by atoms with Gasteiger partial charge in [-0.3, -0.25) is 4.79 Å². The maximum absolute atomic E-state index is 13.1. The molecule has 0 radical (unpaired) electrons. The summed E-state index contributed by atoms with van der Waals surface area (Å²) in [6.45, 7) is 0.590. The quantitative estimate of drug-likeness (QED) is 0.580. The molecular weight excluding hydrogens is 398 g/mol. The standard InChI is InChI=1S/C24H24ClN3O2/c1-30-23-17(13-16-7-9-19(10-8-16)28-12-4-11-26-28)14-20-21(22(23)25)15-27(24(20)29)18-5-2-3-6-18/h4,7-12,14,18H,2-3,5-6,13,15H2,1H3. The minimum absolute atomic E-state index is 0.108. The van der Waals surface area contributed by atoms with Crippen LogP contribution in [-0.4, -0.2) is 33.7 Å². The average Bonchev–Trinajstić information content (AvgIpc) is 3.51. The Morgan fingerprint density at radius 2 is 1.97 bits per heavy atom. The van der Waals surface area contributed by atoms with Crippen LogP contribution in [0.15, 0.2) is 48.8 Å². The molecule has 0 bridgehead atoms. The van der Waals surface area contributed by atoms with E-state index in [0.717, 1.165) is 40.8 Å². The van der Waals surface area contributed by atoms with Crippen molar-refractivity contribution in [2.45, 2.75) is 44.7 Å². The van der Waals surface area contributed by atoms with Crippen molar-refractivity contribution >= 4 is 17.5 Å². The van der Waals surface area contributed by atoms with E-state index in [9.17, 15) is 4.79 Å². The van der Waals surface area contributed by atoms with Crippen molar-refractivity contribution < 1.29 is 9.53 Å². The van der Waals surface area contributed by atoms with Gasteiger partial charge in [-0.05, 0) is 42.7 Å². The molecule has 1 aliphatic heterocycles. The molecule has 5 rings (SSSR count). The van der Waals surface area contributed by atoms with Gasteiger partial charge in [-0.15, -0.1) is 0 Å². The maximum atomic E-state index is 13.1. The summed E-state index contributed by atoms with van der Waals surface area (Å²) in [5, 5.41) is 4.84. The molecule has 2 aliphatic rings. The van der Waals surface area contributed by atoms with Gasteiger partial charge in [-0.2, -0.15) is 5.10 Å². The first kappa shape index (κ1) is 19.2. The van der Waals surface area contributed by atoms with E-state index < -0.39 is 0 Å². The molecule has 0 saturated heterocycles. The molecule has 0 unspecified atom stereocenters. The molecule has 154 valence electrons. The van der Waals surface area contributed by atoms with E-state index in [1.165, 1.54) is 12.8 Å². The zero-order chi connectivity index (χ0) is 20.7. The van der Waals surface area contributed by atoms with Crippen LogP contribution in [0, 0.1) is 0 Å². The van der Waals surface area contributed by atoms with Crippen molar-refractivity contribution in [2.24, 2.45) is 0 Å². The Labute approximate surface area is 181 Å². The molecule has 1 fully saturated rings. The number of hydrogen-bond acceptors (Lipinski definition) is 3. The van der Waals surface area contributed by atoms with Gasteiger partial charge in [0.1, 0.15) is 5.75 Å². The third kappa shape index (κ3) is 3.27. The fourth-order valence-corrected chi connectivity index (χ4v) is 5.10. The molecule has 1 aliphatic carbocycles. The summed E-state index contributed by atoms with van der Waals surface area (Å²) >= 11 is 6.74. The van der Waals surface area contributed by atoms with Gasteiger partial charge in [0.15, 0.2) is 0 Å². The number of aromatic nitrogens is 2. The Kier molecular flexibility index (Phi) is 4.99. The van der Waals surface area contributed by atoms with E-state index in [0.29, 0.717) is 29.8 Å². The van der Waals surface area contributed by atoms with Crippen molar-refractivity contribution in [3.63, 3.8) is 0 Å². The summed E-state index contributed by atoms with van der Waals surface area (Å²) < 4.78 is 7.50. The van der Waals surface area contributed by atoms with Gasteiger partial charge in [0.25, 0.3) is 5.91 Å². The molecule has 0 atom stereocenters. The summed E-state index contributed by atoms with van der Waals surface area (Å²) in [6.07, 6.45) is 8.89. The third-order valence-electron chi connectivity index (χ3n) is 6.29. The SMILES string of the molecule is COc1c(Cc2ccc(-n3cccn3)cc2)cc2c(c1Cl)CN(C1CCCC1)C2=O. The topological polar surface area (TPSA) is 47.4 Å². The lowest BCUT2D eigenvalue weighted by molar-refractivity contribution is 0.0707. The second-order valence-corrected chi connectivity index (χ2v) is 8.45. The molecular formula is C24H24ClN3O2. The fourth-order valence-electron chi connectivity index (χ4n) is 4.74. The largest absolute Gasteiger partial charge is 0.495 e. The van der Waals surface area contributed by atoms with Crippen LogP contribution in [-0.2, 0) is 13.0 Å². The average molecular weight is 422 g/mol. The fraction of sp³-hybridized carbons (Fsp3) is 0.333. The molecule has 2 heterocycles. The minimum atomic E-state index is 0.108. The van der Waals surface area contributed by atoms with Gasteiger partial charge < -0.3 is 9.64 Å². The maximum Gasteiger partial charge on any atom is 0.254 e. The second-order valence-electron chi connectivity index (χ2n) is 8.07. The Hall–Kier alpha value is -2.79. The molecule has 0 spiro atoms. The van der Waals surface area contributed by atoms with Gasteiger partial charge in [0.05, 0.1) is 17.8 Å². The number of methoxy groups -OCH3 is 1. The summed E-state index contributed by atoms with van der Waals surface area (Å²) in [7, 11) is 1.64. The highest BCUT2D eigenvalue weighted by Crippen LogP contribution is 2.41. The zero-order valence-electron chi connectivity index (χ0n) is 17.0. The number of fused-ring (bicyclic) bond motifs is 1. The van der Waals surface area contributed by atoms with Crippen LogP contribution in [0.3, 0.4) is 0 Å². The van der Waals surface area contributed by atoms with E-state index >= 15 is 0 Å². The highest BCUT2D eigenvalue weighted by Gasteiger charge is 2.36. The number of halogens is 1. The van der Waals surface area contributed by atoms with Gasteiger partial charge in [0, 0.05) is 48.1 Å². The Morgan fingerprint density at radius 3 is 2.63 bits per heavy atom. The lowest BCUT2D eigenvalue weighted by Gasteiger charge is -2.23. The zero-order valence-corrected chi connectivity index (χ0v) is 17.7. The number of amides is 1. The van der Waals surface area contributed by atoms with Crippen molar-refractivity contribution in [2.75, 3.05) is 7.11 Å². The van der Waals surface area contributed by atoms with Gasteiger partial charge in [0.2, 0.25) is 0 Å². The van der Waals surface area contributed by atoms with Gasteiger partial charge >= 0.3 is 0 Å². The van der Waals surface area contributed by atoms with Crippen LogP contribution in [0.2, 0.25) is 5.02 Å². The van der Waals surface area contributed by atoms with Crippen molar-refractivity contribution in [1.29, 1.82) is 0 Å². The number of rotatable bonds is 5. The normalized spacial score (nSPS) is 16.3. The summed E-state index contributed by atoms with van der Waals surface area (Å²) in [4.78, 5) is 15.1. The monoisotopic (exact) mass is 421 g/mol. The Balaban J connectivity index is 1.45. The summed E-state index contributed by atoms with van der Waals surface area (Å²) in [5.41, 5.74) is 4.71. The highest BCUT2D eigenvalue weighted by atomic mass is 35.5. The smallest absolute Gasteiger partial charge is 0.254 e. The Morgan fingerprint density at radius 1 is 1.20 bits per heavy atom. The summed E-state index contributed by atoms with van der Waals surface area (Å²) in [5.74, 6) is 0.782. The molecule has 30 heavy (non-hydrogen) atoms. The highest BCUT2D eigenvalue weighted by molar-refractivity contribution is 6.33. The number of ether oxygens (including phenoxy) is 1. The van der Waals surface area contributed by atoms with Crippen LogP contribution < -0.4 is 4.74 Å². The first-order valence-corrected chi connectivity index (χ1v) is 10.8. The molecule has 2 aromatic carbocycles. The van der Waals surface area contributed by atoms with Crippen molar-refractivity contribution in [1.82, 2.24) is 14.7 Å². The molecule has 3 aromatic rings. The third-order valence-corrected chi connectivity index (χ3v) is 6.69. The molecule has 5 nitrogen and oxygen atoms in total. The van der Waals surface area contributed by atoms with Crippen molar-refractivity contribution in [3.05, 3.63) is 76.1 Å². The van der Waals surface area contributed by atoms with E-state index in [1.807, 2.05) is 40.0 Å². The Bertz CT molecular complexity index is 1070. The second kappa shape index (κ2) is 7.80. The predicted octanol–water partition coefficient (Wildman–Crippen LogP) is 5.02. The molecule has 0 N–H and O–H groups in total. The summed E-state index contributed by atoms with van der Waals surface area (Å²) in [6, 6.07) is 12.4. The van der Waals surface area contributed by atoms with Crippen LogP contribution in [0.25, 0.3) is 5.69 Å². The number of carbonyl (C=O) groups excluding carboxylic acids is 1. The van der Waals surface area contributed by atoms with Crippen LogP contribution in [0.5, 0.6) is 5.75 Å². The number of benzene rings is 2. The van der Waals surface area contributed by atoms with Crippen LogP contribution >= 0.6 is 11.6 Å². The van der Waals surface area contributed by atoms with Gasteiger partial charge in [-0.1, -0.05) is 36.6 Å². The van der Waals surface area contributed by atoms with E-state index in [1.54, 1.807) is 13.3 Å². The first-order valence-electron chi connectivity index (χ1n) is 10.4.